The Labute approximate surface area is 212 Å². The van der Waals surface area contributed by atoms with Crippen molar-refractivity contribution in [2.45, 2.75) is 43.7 Å². The standard InChI is InChI=1S/C24H22F6N4O4/c1-14-23(10-33-13-31-12-32-33,18-7-4-16(25)8-19(18)26)38-20(35)9-34(14)21(36)15-2-5-17(6-3-15)37-11-24(29,30)22(27)28/h2-8,12-14,20,22,35H,9-11H2,1H3/t14-,20?,23-/m0/s1. The molecule has 1 saturated heterocycles. The van der Waals surface area contributed by atoms with Crippen molar-refractivity contribution in [3.63, 3.8) is 0 Å². The third kappa shape index (κ3) is 5.45. The Balaban J connectivity index is 1.63. The lowest BCUT2D eigenvalue weighted by Gasteiger charge is -2.50. The van der Waals surface area contributed by atoms with Gasteiger partial charge in [0.1, 0.15) is 35.6 Å². The summed E-state index contributed by atoms with van der Waals surface area (Å²) in [6.07, 6.45) is -2.94. The number of morpholine rings is 1. The number of aliphatic hydroxyl groups excluding tert-OH is 1. The highest BCUT2D eigenvalue weighted by Crippen LogP contribution is 2.40. The molecule has 3 atom stereocenters. The average molecular weight is 544 g/mol. The minimum atomic E-state index is -4.35. The van der Waals surface area contributed by atoms with Gasteiger partial charge in [-0.1, -0.05) is 6.07 Å². The van der Waals surface area contributed by atoms with Crippen LogP contribution in [0.25, 0.3) is 0 Å². The van der Waals surface area contributed by atoms with Gasteiger partial charge in [-0.05, 0) is 37.3 Å². The molecule has 8 nitrogen and oxygen atoms in total. The zero-order valence-corrected chi connectivity index (χ0v) is 19.8. The van der Waals surface area contributed by atoms with E-state index in [1.807, 2.05) is 0 Å². The van der Waals surface area contributed by atoms with Gasteiger partial charge in [-0.3, -0.25) is 4.79 Å². The van der Waals surface area contributed by atoms with Gasteiger partial charge in [0.2, 0.25) is 0 Å². The summed E-state index contributed by atoms with van der Waals surface area (Å²) < 4.78 is 91.6. The third-order valence-corrected chi connectivity index (χ3v) is 6.20. The van der Waals surface area contributed by atoms with Gasteiger partial charge >= 0.3 is 12.3 Å². The number of rotatable bonds is 8. The predicted octanol–water partition coefficient (Wildman–Crippen LogP) is 3.61. The first kappa shape index (κ1) is 27.4. The van der Waals surface area contributed by atoms with E-state index in [0.29, 0.717) is 6.07 Å². The highest BCUT2D eigenvalue weighted by molar-refractivity contribution is 5.94. The molecule has 1 unspecified atom stereocenters. The van der Waals surface area contributed by atoms with E-state index in [4.69, 9.17) is 9.47 Å². The van der Waals surface area contributed by atoms with Crippen LogP contribution in [0.5, 0.6) is 5.75 Å². The van der Waals surface area contributed by atoms with Crippen LogP contribution < -0.4 is 4.74 Å². The fourth-order valence-electron chi connectivity index (χ4n) is 4.25. The van der Waals surface area contributed by atoms with Crippen molar-refractivity contribution in [1.82, 2.24) is 19.7 Å². The minimum absolute atomic E-state index is 0.0353. The van der Waals surface area contributed by atoms with Crippen LogP contribution in [-0.2, 0) is 16.9 Å². The highest BCUT2D eigenvalue weighted by Gasteiger charge is 2.51. The van der Waals surface area contributed by atoms with Crippen molar-refractivity contribution in [2.75, 3.05) is 13.2 Å². The first-order valence-corrected chi connectivity index (χ1v) is 11.3. The number of nitrogens with zero attached hydrogens (tertiary/aromatic N) is 4. The van der Waals surface area contributed by atoms with Gasteiger partial charge in [-0.15, -0.1) is 0 Å². The van der Waals surface area contributed by atoms with Gasteiger partial charge < -0.3 is 19.5 Å². The number of hydrogen-bond donors (Lipinski definition) is 1. The van der Waals surface area contributed by atoms with E-state index in [2.05, 4.69) is 10.1 Å². The Hall–Kier alpha value is -3.65. The second-order valence-electron chi connectivity index (χ2n) is 8.69. The summed E-state index contributed by atoms with van der Waals surface area (Å²) in [6.45, 7) is -0.532. The molecule has 0 bridgehead atoms. The Morgan fingerprint density at radius 2 is 1.95 bits per heavy atom. The van der Waals surface area contributed by atoms with Gasteiger partial charge in [-0.2, -0.15) is 13.9 Å². The molecule has 0 aliphatic carbocycles. The van der Waals surface area contributed by atoms with Crippen LogP contribution in [0.2, 0.25) is 0 Å². The molecule has 14 heteroatoms. The summed E-state index contributed by atoms with van der Waals surface area (Å²) in [5.41, 5.74) is -1.83. The Kier molecular flexibility index (Phi) is 7.65. The molecule has 0 radical (unpaired) electrons. The number of amides is 1. The summed E-state index contributed by atoms with van der Waals surface area (Å²) in [6, 6.07) is 6.62. The molecule has 4 rings (SSSR count). The molecule has 1 N–H and O–H groups in total. The maximum atomic E-state index is 15.0. The third-order valence-electron chi connectivity index (χ3n) is 6.20. The lowest BCUT2D eigenvalue weighted by Crippen LogP contribution is -2.63. The molecule has 2 aromatic carbocycles. The first-order chi connectivity index (χ1) is 17.9. The van der Waals surface area contributed by atoms with Gasteiger partial charge in [0.15, 0.2) is 12.9 Å². The Bertz CT molecular complexity index is 1260. The molecular formula is C24H22F6N4O4. The number of halogens is 6. The summed E-state index contributed by atoms with van der Waals surface area (Å²) in [5, 5.41) is 14.6. The molecule has 0 saturated carbocycles. The van der Waals surface area contributed by atoms with E-state index in [1.54, 1.807) is 6.92 Å². The van der Waals surface area contributed by atoms with E-state index in [-0.39, 0.29) is 30.0 Å². The zero-order chi connectivity index (χ0) is 27.7. The van der Waals surface area contributed by atoms with Crippen molar-refractivity contribution in [3.05, 3.63) is 77.9 Å². The van der Waals surface area contributed by atoms with Crippen LogP contribution >= 0.6 is 0 Å². The van der Waals surface area contributed by atoms with E-state index < -0.39 is 54.4 Å². The average Bonchev–Trinajstić information content (AvgIpc) is 3.37. The molecule has 1 aromatic heterocycles. The second kappa shape index (κ2) is 10.6. The molecule has 38 heavy (non-hydrogen) atoms. The number of aromatic nitrogens is 3. The van der Waals surface area contributed by atoms with E-state index in [9.17, 15) is 31.9 Å². The lowest BCUT2D eigenvalue weighted by molar-refractivity contribution is -0.255. The summed E-state index contributed by atoms with van der Waals surface area (Å²) in [7, 11) is 0. The fourth-order valence-corrected chi connectivity index (χ4v) is 4.25. The normalized spacial score (nSPS) is 22.1. The smallest absolute Gasteiger partial charge is 0.340 e. The quantitative estimate of drug-likeness (QED) is 0.436. The summed E-state index contributed by atoms with van der Waals surface area (Å²) in [4.78, 5) is 18.5. The molecule has 1 amide bonds. The minimum Gasteiger partial charge on any atom is -0.487 e. The number of ether oxygens (including phenoxy) is 2. The Morgan fingerprint density at radius 1 is 1.24 bits per heavy atom. The molecule has 2 heterocycles. The van der Waals surface area contributed by atoms with Crippen LogP contribution in [0.1, 0.15) is 22.8 Å². The monoisotopic (exact) mass is 544 g/mol. The largest absolute Gasteiger partial charge is 0.487 e. The number of carbonyl (C=O) groups excluding carboxylic acids is 1. The maximum absolute atomic E-state index is 15.0. The number of benzene rings is 2. The molecular weight excluding hydrogens is 522 g/mol. The second-order valence-corrected chi connectivity index (χ2v) is 8.69. The highest BCUT2D eigenvalue weighted by atomic mass is 19.3. The molecule has 3 aromatic rings. The topological polar surface area (TPSA) is 89.7 Å². The van der Waals surface area contributed by atoms with Gasteiger partial charge in [0.25, 0.3) is 5.91 Å². The van der Waals surface area contributed by atoms with E-state index in [0.717, 1.165) is 24.3 Å². The number of alkyl halides is 4. The predicted molar refractivity (Wildman–Crippen MR) is 119 cm³/mol. The van der Waals surface area contributed by atoms with Crippen LogP contribution in [0.4, 0.5) is 26.3 Å². The van der Waals surface area contributed by atoms with Crippen molar-refractivity contribution in [2.24, 2.45) is 0 Å². The van der Waals surface area contributed by atoms with Crippen LogP contribution in [-0.4, -0.2) is 68.5 Å². The van der Waals surface area contributed by atoms with Crippen molar-refractivity contribution >= 4 is 5.91 Å². The first-order valence-electron chi connectivity index (χ1n) is 11.3. The number of aliphatic hydroxyl groups is 1. The lowest BCUT2D eigenvalue weighted by atomic mass is 9.83. The van der Waals surface area contributed by atoms with Crippen molar-refractivity contribution in [1.29, 1.82) is 0 Å². The number of β-amino-alcohol motifs (C(OH)–C–C–N with tert-alkyl or cyclic N) is 1. The van der Waals surface area contributed by atoms with Crippen molar-refractivity contribution < 1.29 is 45.7 Å². The fraction of sp³-hybridized carbons (Fsp3) is 0.375. The molecule has 1 aliphatic heterocycles. The number of carbonyl (C=O) groups is 1. The van der Waals surface area contributed by atoms with Gasteiger partial charge in [0, 0.05) is 17.2 Å². The molecule has 1 aliphatic rings. The van der Waals surface area contributed by atoms with E-state index in [1.165, 1.54) is 34.4 Å². The summed E-state index contributed by atoms with van der Waals surface area (Å²) >= 11 is 0. The van der Waals surface area contributed by atoms with Crippen LogP contribution in [0, 0.1) is 11.6 Å². The molecule has 0 spiro atoms. The van der Waals surface area contributed by atoms with Crippen molar-refractivity contribution in [3.8, 4) is 5.75 Å². The Morgan fingerprint density at radius 3 is 2.55 bits per heavy atom. The van der Waals surface area contributed by atoms with Gasteiger partial charge in [0.05, 0.1) is 19.1 Å². The van der Waals surface area contributed by atoms with Gasteiger partial charge in [-0.25, -0.2) is 27.2 Å². The SMILES string of the molecule is C[C@@H]1N(C(=O)c2ccc(OCC(F)(F)C(F)F)cc2)CC(O)O[C@]1(Cn1cncn1)c1ccc(F)cc1F. The molecule has 204 valence electrons. The number of hydrogen-bond acceptors (Lipinski definition) is 6. The summed E-state index contributed by atoms with van der Waals surface area (Å²) in [5.74, 6) is -6.98. The maximum Gasteiger partial charge on any atom is 0.340 e. The van der Waals surface area contributed by atoms with Crippen LogP contribution in [0.15, 0.2) is 55.1 Å². The van der Waals surface area contributed by atoms with E-state index >= 15 is 4.39 Å². The van der Waals surface area contributed by atoms with Crippen LogP contribution in [0.3, 0.4) is 0 Å². The zero-order valence-electron chi connectivity index (χ0n) is 19.8. The molecule has 1 fully saturated rings.